The van der Waals surface area contributed by atoms with E-state index in [1.807, 2.05) is 54.4 Å². The van der Waals surface area contributed by atoms with Gasteiger partial charge < -0.3 is 15.5 Å². The number of halogens is 2. The smallest absolute Gasteiger partial charge is 0.227 e. The number of hydrogen-bond acceptors (Lipinski definition) is 5. The van der Waals surface area contributed by atoms with Crippen LogP contribution in [0.5, 0.6) is 0 Å². The number of nitrogens with two attached hydrogens (primary N) is 1. The number of anilines is 1. The van der Waals surface area contributed by atoms with Crippen molar-refractivity contribution >= 4 is 36.5 Å². The molecule has 2 heterocycles. The lowest BCUT2D eigenvalue weighted by molar-refractivity contribution is -0.139. The topological polar surface area (TPSA) is 75.4 Å². The summed E-state index contributed by atoms with van der Waals surface area (Å²) in [4.78, 5) is 26.4. The lowest BCUT2D eigenvalue weighted by atomic mass is 9.74. The van der Waals surface area contributed by atoms with Gasteiger partial charge in [-0.3, -0.25) is 4.79 Å². The zero-order valence-electron chi connectivity index (χ0n) is 17.4. The van der Waals surface area contributed by atoms with E-state index in [1.54, 1.807) is 0 Å². The molecule has 2 aliphatic rings. The number of nitrogens with zero attached hydrogens (tertiary/aromatic N) is 4. The van der Waals surface area contributed by atoms with Gasteiger partial charge in [0.2, 0.25) is 5.91 Å². The van der Waals surface area contributed by atoms with Crippen LogP contribution in [0.4, 0.5) is 5.82 Å². The Morgan fingerprint density at radius 1 is 1.07 bits per heavy atom. The monoisotopic (exact) mass is 451 g/mol. The van der Waals surface area contributed by atoms with Crippen molar-refractivity contribution < 1.29 is 4.79 Å². The first-order valence-electron chi connectivity index (χ1n) is 10.3. The molecule has 4 rings (SSSR count). The fraction of sp³-hybridized carbons (Fsp3) is 0.500. The maximum Gasteiger partial charge on any atom is 0.227 e. The van der Waals surface area contributed by atoms with Crippen LogP contribution in [0.1, 0.15) is 32.6 Å². The summed E-state index contributed by atoms with van der Waals surface area (Å²) in [6.07, 6.45) is 5.89. The number of amides is 1. The van der Waals surface area contributed by atoms with Gasteiger partial charge in [0.1, 0.15) is 5.82 Å². The van der Waals surface area contributed by atoms with Crippen LogP contribution < -0.4 is 10.6 Å². The Kier molecular flexibility index (Phi) is 8.47. The summed E-state index contributed by atoms with van der Waals surface area (Å²) in [5, 5.41) is 0. The normalized spacial score (nSPS) is 23.9. The van der Waals surface area contributed by atoms with Gasteiger partial charge in [-0.15, -0.1) is 24.8 Å². The summed E-state index contributed by atoms with van der Waals surface area (Å²) >= 11 is 0. The molecule has 1 aromatic heterocycles. The van der Waals surface area contributed by atoms with Crippen LogP contribution in [0.25, 0.3) is 11.4 Å². The first-order chi connectivity index (χ1) is 13.5. The minimum Gasteiger partial charge on any atom is -0.353 e. The third-order valence-corrected chi connectivity index (χ3v) is 6.14. The zero-order valence-corrected chi connectivity index (χ0v) is 19.0. The molecule has 1 aliphatic heterocycles. The number of carbonyl (C=O) groups is 1. The second-order valence-electron chi connectivity index (χ2n) is 8.22. The Balaban J connectivity index is 0.00000160. The van der Waals surface area contributed by atoms with Gasteiger partial charge in [-0.2, -0.15) is 0 Å². The first-order valence-corrected chi connectivity index (χ1v) is 10.3. The molecule has 1 saturated carbocycles. The highest BCUT2D eigenvalue weighted by molar-refractivity contribution is 5.85. The Hall–Kier alpha value is -1.89. The van der Waals surface area contributed by atoms with Crippen molar-refractivity contribution in [3.63, 3.8) is 0 Å². The highest BCUT2D eigenvalue weighted by Crippen LogP contribution is 2.33. The van der Waals surface area contributed by atoms with Crippen LogP contribution in [0.3, 0.4) is 0 Å². The van der Waals surface area contributed by atoms with Crippen molar-refractivity contribution in [3.05, 3.63) is 42.6 Å². The van der Waals surface area contributed by atoms with E-state index in [1.165, 1.54) is 0 Å². The molecule has 0 spiro atoms. The number of aromatic nitrogens is 2. The summed E-state index contributed by atoms with van der Waals surface area (Å²) in [6, 6.07) is 12.0. The van der Waals surface area contributed by atoms with Gasteiger partial charge in [-0.05, 0) is 25.8 Å². The molecule has 164 valence electrons. The highest BCUT2D eigenvalue weighted by atomic mass is 35.5. The molecule has 1 aliphatic carbocycles. The van der Waals surface area contributed by atoms with Crippen LogP contribution in [0.2, 0.25) is 0 Å². The van der Waals surface area contributed by atoms with Crippen molar-refractivity contribution in [1.82, 2.24) is 14.9 Å². The third-order valence-electron chi connectivity index (χ3n) is 6.14. The molecule has 2 unspecified atom stereocenters. The Labute approximate surface area is 191 Å². The minimum absolute atomic E-state index is 0. The van der Waals surface area contributed by atoms with Gasteiger partial charge in [0.05, 0.1) is 5.92 Å². The molecular formula is C22H31Cl2N5O. The maximum absolute atomic E-state index is 13.1. The van der Waals surface area contributed by atoms with Gasteiger partial charge >= 0.3 is 0 Å². The van der Waals surface area contributed by atoms with Gasteiger partial charge in [-0.1, -0.05) is 43.2 Å². The zero-order chi connectivity index (χ0) is 19.6. The Morgan fingerprint density at radius 2 is 1.77 bits per heavy atom. The SMILES string of the molecule is CC1(N)CCCCC1C(=O)N1CCN(c2ccnc(-c3ccccc3)n2)CC1.Cl.Cl. The van der Waals surface area contributed by atoms with Crippen molar-refractivity contribution in [2.75, 3.05) is 31.1 Å². The van der Waals surface area contributed by atoms with Crippen LogP contribution in [0, 0.1) is 5.92 Å². The quantitative estimate of drug-likeness (QED) is 0.771. The van der Waals surface area contributed by atoms with Gasteiger partial charge in [0.15, 0.2) is 5.82 Å². The number of rotatable bonds is 3. The van der Waals surface area contributed by atoms with Crippen LogP contribution in [-0.2, 0) is 4.79 Å². The molecule has 8 heteroatoms. The Morgan fingerprint density at radius 3 is 2.43 bits per heavy atom. The molecule has 2 N–H and O–H groups in total. The molecule has 6 nitrogen and oxygen atoms in total. The van der Waals surface area contributed by atoms with Gasteiger partial charge in [0, 0.05) is 43.5 Å². The summed E-state index contributed by atoms with van der Waals surface area (Å²) in [5.41, 5.74) is 7.09. The molecule has 1 saturated heterocycles. The number of piperazine rings is 1. The fourth-order valence-corrected chi connectivity index (χ4v) is 4.39. The fourth-order valence-electron chi connectivity index (χ4n) is 4.39. The molecular weight excluding hydrogens is 421 g/mol. The third kappa shape index (κ3) is 5.23. The Bertz CT molecular complexity index is 825. The van der Waals surface area contributed by atoms with Crippen molar-refractivity contribution in [1.29, 1.82) is 0 Å². The number of carbonyl (C=O) groups excluding carboxylic acids is 1. The van der Waals surface area contributed by atoms with Gasteiger partial charge in [-0.25, -0.2) is 9.97 Å². The maximum atomic E-state index is 13.1. The second-order valence-corrected chi connectivity index (χ2v) is 8.22. The average Bonchev–Trinajstić information content (AvgIpc) is 2.74. The number of hydrogen-bond donors (Lipinski definition) is 1. The van der Waals surface area contributed by atoms with E-state index in [4.69, 9.17) is 10.7 Å². The standard InChI is InChI=1S/C22H29N5O.2ClH/c1-22(23)11-6-5-9-18(22)21(28)27-15-13-26(14-16-27)19-10-12-24-20(25-19)17-7-3-2-4-8-17;;/h2-4,7-8,10,12,18H,5-6,9,11,13-16,23H2,1H3;2*1H. The molecule has 30 heavy (non-hydrogen) atoms. The van der Waals surface area contributed by atoms with E-state index in [9.17, 15) is 4.79 Å². The second kappa shape index (κ2) is 10.4. The van der Waals surface area contributed by atoms with Crippen LogP contribution in [-0.4, -0.2) is 52.5 Å². The first kappa shape index (κ1) is 24.4. The lowest BCUT2D eigenvalue weighted by Gasteiger charge is -2.42. The van der Waals surface area contributed by atoms with E-state index in [0.29, 0.717) is 0 Å². The van der Waals surface area contributed by atoms with Crippen molar-refractivity contribution in [2.45, 2.75) is 38.1 Å². The van der Waals surface area contributed by atoms with E-state index < -0.39 is 0 Å². The van der Waals surface area contributed by atoms with E-state index in [0.717, 1.165) is 69.1 Å². The van der Waals surface area contributed by atoms with E-state index in [2.05, 4.69) is 9.88 Å². The lowest BCUT2D eigenvalue weighted by Crippen LogP contribution is -2.57. The molecule has 1 amide bonds. The van der Waals surface area contributed by atoms with Crippen molar-refractivity contribution in [2.24, 2.45) is 11.7 Å². The number of benzene rings is 1. The molecule has 2 aromatic rings. The largest absolute Gasteiger partial charge is 0.353 e. The summed E-state index contributed by atoms with van der Waals surface area (Å²) < 4.78 is 0. The molecule has 0 radical (unpaired) electrons. The predicted molar refractivity (Wildman–Crippen MR) is 125 cm³/mol. The summed E-state index contributed by atoms with van der Waals surface area (Å²) in [5.74, 6) is 1.84. The highest BCUT2D eigenvalue weighted by Gasteiger charge is 2.40. The summed E-state index contributed by atoms with van der Waals surface area (Å²) in [7, 11) is 0. The summed E-state index contributed by atoms with van der Waals surface area (Å²) in [6.45, 7) is 5.04. The van der Waals surface area contributed by atoms with E-state index in [-0.39, 0.29) is 42.2 Å². The molecule has 1 aromatic carbocycles. The molecule has 2 atom stereocenters. The molecule has 0 bridgehead atoms. The van der Waals surface area contributed by atoms with Crippen molar-refractivity contribution in [3.8, 4) is 11.4 Å². The predicted octanol–water partition coefficient (Wildman–Crippen LogP) is 3.54. The minimum atomic E-state index is -0.371. The van der Waals surface area contributed by atoms with E-state index >= 15 is 0 Å². The average molecular weight is 452 g/mol. The van der Waals surface area contributed by atoms with Gasteiger partial charge in [0.25, 0.3) is 0 Å². The van der Waals surface area contributed by atoms with Crippen LogP contribution in [0.15, 0.2) is 42.6 Å². The van der Waals surface area contributed by atoms with Crippen LogP contribution >= 0.6 is 24.8 Å². The molecule has 2 fully saturated rings.